The second-order valence-electron chi connectivity index (χ2n) is 3.01. The van der Waals surface area contributed by atoms with Crippen LogP contribution in [-0.2, 0) is 0 Å². The Hall–Kier alpha value is -0.0400. The summed E-state index contributed by atoms with van der Waals surface area (Å²) in [4.78, 5) is 4.18. The average Bonchev–Trinajstić information content (AvgIpc) is 1.88. The van der Waals surface area contributed by atoms with Gasteiger partial charge in [0, 0.05) is 12.8 Å². The van der Waals surface area contributed by atoms with Crippen LogP contribution >= 0.6 is 11.6 Å². The summed E-state index contributed by atoms with van der Waals surface area (Å²) in [5.41, 5.74) is 0. The average molecular weight is 160 g/mol. The molecule has 58 valence electrons. The van der Waals surface area contributed by atoms with E-state index in [2.05, 4.69) is 18.8 Å². The summed E-state index contributed by atoms with van der Waals surface area (Å²) in [5, 5.41) is 0.175. The molecule has 1 aliphatic rings. The van der Waals surface area contributed by atoms with Gasteiger partial charge >= 0.3 is 0 Å². The van der Waals surface area contributed by atoms with Gasteiger partial charge in [-0.05, 0) is 11.8 Å². The van der Waals surface area contributed by atoms with E-state index in [0.29, 0.717) is 11.8 Å². The minimum Gasteiger partial charge on any atom is -0.296 e. The number of aliphatic imine (C=N–C) groups is 1. The van der Waals surface area contributed by atoms with E-state index in [9.17, 15) is 0 Å². The van der Waals surface area contributed by atoms with Crippen LogP contribution in [0, 0.1) is 11.8 Å². The van der Waals surface area contributed by atoms with Crippen molar-refractivity contribution in [3.05, 3.63) is 0 Å². The number of hydrogen-bond donors (Lipinski definition) is 0. The molecule has 0 aromatic rings. The van der Waals surface area contributed by atoms with Crippen molar-refractivity contribution in [1.29, 1.82) is 0 Å². The molecule has 0 fully saturated rings. The zero-order valence-electron chi connectivity index (χ0n) is 6.55. The Kier molecular flexibility index (Phi) is 2.72. The van der Waals surface area contributed by atoms with E-state index in [0.717, 1.165) is 6.54 Å². The van der Waals surface area contributed by atoms with Crippen LogP contribution in [0.15, 0.2) is 4.99 Å². The third-order valence-corrected chi connectivity index (χ3v) is 2.69. The summed E-state index contributed by atoms with van der Waals surface area (Å²) >= 11 is 6.03. The fourth-order valence-electron chi connectivity index (χ4n) is 1.52. The molecule has 1 rings (SSSR count). The minimum absolute atomic E-state index is 0.175. The predicted molar refractivity (Wildman–Crippen MR) is 45.9 cm³/mol. The van der Waals surface area contributed by atoms with Crippen molar-refractivity contribution in [3.63, 3.8) is 0 Å². The lowest BCUT2D eigenvalue weighted by atomic mass is 9.87. The van der Waals surface area contributed by atoms with E-state index in [-0.39, 0.29) is 5.38 Å². The van der Waals surface area contributed by atoms with Gasteiger partial charge in [-0.2, -0.15) is 0 Å². The van der Waals surface area contributed by atoms with Gasteiger partial charge in [-0.25, -0.2) is 0 Å². The summed E-state index contributed by atoms with van der Waals surface area (Å²) in [6.07, 6.45) is 3.05. The molecule has 0 N–H and O–H groups in total. The van der Waals surface area contributed by atoms with E-state index in [1.807, 2.05) is 6.21 Å². The first kappa shape index (κ1) is 8.06. The smallest absolute Gasteiger partial charge is 0.0714 e. The molecule has 3 unspecified atom stereocenters. The predicted octanol–water partition coefficient (Wildman–Crippen LogP) is 2.34. The molecule has 0 saturated carbocycles. The van der Waals surface area contributed by atoms with Gasteiger partial charge in [-0.3, -0.25) is 4.99 Å². The van der Waals surface area contributed by atoms with Crippen LogP contribution in [0.5, 0.6) is 0 Å². The van der Waals surface area contributed by atoms with Crippen molar-refractivity contribution in [2.24, 2.45) is 16.8 Å². The molecule has 0 saturated heterocycles. The molecule has 3 atom stereocenters. The molecule has 10 heavy (non-hydrogen) atoms. The second-order valence-corrected chi connectivity index (χ2v) is 3.51. The standard InChI is InChI=1S/C8H14ClN/c1-3-7-6(2)4-10-5-8(7)9/h5-8H,3-4H2,1-2H3. The van der Waals surface area contributed by atoms with Gasteiger partial charge in [-0.1, -0.05) is 20.3 Å². The maximum Gasteiger partial charge on any atom is 0.0714 e. The third-order valence-electron chi connectivity index (χ3n) is 2.25. The number of rotatable bonds is 1. The fourth-order valence-corrected chi connectivity index (χ4v) is 2.02. The van der Waals surface area contributed by atoms with Crippen LogP contribution in [-0.4, -0.2) is 18.1 Å². The SMILES string of the molecule is CCC1C(Cl)C=NCC1C. The number of alkyl halides is 1. The first-order chi connectivity index (χ1) is 4.75. The van der Waals surface area contributed by atoms with E-state index in [1.54, 1.807) is 0 Å². The minimum atomic E-state index is 0.175. The number of halogens is 1. The summed E-state index contributed by atoms with van der Waals surface area (Å²) in [6.45, 7) is 5.37. The molecule has 1 aliphatic heterocycles. The highest BCUT2D eigenvalue weighted by Gasteiger charge is 2.24. The molecule has 0 aromatic heterocycles. The fraction of sp³-hybridized carbons (Fsp3) is 0.875. The molecule has 1 heterocycles. The zero-order chi connectivity index (χ0) is 7.56. The molecule has 0 aliphatic carbocycles. The maximum atomic E-state index is 6.03. The van der Waals surface area contributed by atoms with Gasteiger partial charge < -0.3 is 0 Å². The van der Waals surface area contributed by atoms with Crippen molar-refractivity contribution >= 4 is 17.8 Å². The Bertz CT molecular complexity index is 133. The molecule has 1 nitrogen and oxygen atoms in total. The van der Waals surface area contributed by atoms with Crippen LogP contribution in [0.1, 0.15) is 20.3 Å². The van der Waals surface area contributed by atoms with Crippen LogP contribution in [0.25, 0.3) is 0 Å². The Morgan fingerprint density at radius 2 is 2.40 bits per heavy atom. The summed E-state index contributed by atoms with van der Waals surface area (Å²) in [6, 6.07) is 0. The van der Waals surface area contributed by atoms with E-state index >= 15 is 0 Å². The second kappa shape index (κ2) is 3.38. The molecule has 0 amide bonds. The Labute approximate surface area is 67.5 Å². The first-order valence-corrected chi connectivity index (χ1v) is 4.33. The molecule has 0 aromatic carbocycles. The van der Waals surface area contributed by atoms with E-state index in [1.165, 1.54) is 6.42 Å². The zero-order valence-corrected chi connectivity index (χ0v) is 7.30. The summed E-state index contributed by atoms with van der Waals surface area (Å²) in [7, 11) is 0. The first-order valence-electron chi connectivity index (χ1n) is 3.89. The third kappa shape index (κ3) is 1.51. The maximum absolute atomic E-state index is 6.03. The molecule has 0 radical (unpaired) electrons. The van der Waals surface area contributed by atoms with Crippen molar-refractivity contribution in [1.82, 2.24) is 0 Å². The monoisotopic (exact) mass is 159 g/mol. The highest BCUT2D eigenvalue weighted by atomic mass is 35.5. The van der Waals surface area contributed by atoms with Gasteiger partial charge in [0.2, 0.25) is 0 Å². The number of hydrogen-bond acceptors (Lipinski definition) is 1. The Morgan fingerprint density at radius 1 is 1.70 bits per heavy atom. The molecular formula is C8H14ClN. The van der Waals surface area contributed by atoms with Crippen LogP contribution in [0.4, 0.5) is 0 Å². The van der Waals surface area contributed by atoms with Gasteiger partial charge in [0.15, 0.2) is 0 Å². The van der Waals surface area contributed by atoms with Crippen molar-refractivity contribution in [2.45, 2.75) is 25.6 Å². The lowest BCUT2D eigenvalue weighted by molar-refractivity contribution is 0.360. The van der Waals surface area contributed by atoms with Crippen molar-refractivity contribution in [3.8, 4) is 0 Å². The van der Waals surface area contributed by atoms with Gasteiger partial charge in [0.05, 0.1) is 5.38 Å². The molecule has 2 heteroatoms. The quantitative estimate of drug-likeness (QED) is 0.521. The van der Waals surface area contributed by atoms with Crippen molar-refractivity contribution in [2.75, 3.05) is 6.54 Å². The van der Waals surface area contributed by atoms with Gasteiger partial charge in [-0.15, -0.1) is 11.6 Å². The van der Waals surface area contributed by atoms with Crippen molar-refractivity contribution < 1.29 is 0 Å². The summed E-state index contributed by atoms with van der Waals surface area (Å²) < 4.78 is 0. The van der Waals surface area contributed by atoms with Crippen LogP contribution in [0.3, 0.4) is 0 Å². The van der Waals surface area contributed by atoms with E-state index < -0.39 is 0 Å². The number of nitrogens with zero attached hydrogens (tertiary/aromatic N) is 1. The van der Waals surface area contributed by atoms with Crippen LogP contribution < -0.4 is 0 Å². The normalized spacial score (nSPS) is 40.1. The highest BCUT2D eigenvalue weighted by Crippen LogP contribution is 2.25. The summed E-state index contributed by atoms with van der Waals surface area (Å²) in [5.74, 6) is 1.30. The lowest BCUT2D eigenvalue weighted by Gasteiger charge is -2.27. The Balaban J connectivity index is 2.58. The molecule has 0 spiro atoms. The van der Waals surface area contributed by atoms with Gasteiger partial charge in [0.1, 0.15) is 0 Å². The topological polar surface area (TPSA) is 12.4 Å². The Morgan fingerprint density at radius 3 is 2.80 bits per heavy atom. The highest BCUT2D eigenvalue weighted by molar-refractivity contribution is 6.28. The lowest BCUT2D eigenvalue weighted by Crippen LogP contribution is -2.28. The molecular weight excluding hydrogens is 146 g/mol. The van der Waals surface area contributed by atoms with E-state index in [4.69, 9.17) is 11.6 Å². The molecule has 0 bridgehead atoms. The van der Waals surface area contributed by atoms with Crippen LogP contribution in [0.2, 0.25) is 0 Å². The van der Waals surface area contributed by atoms with Gasteiger partial charge in [0.25, 0.3) is 0 Å². The largest absolute Gasteiger partial charge is 0.296 e.